The summed E-state index contributed by atoms with van der Waals surface area (Å²) in [5.74, 6) is 0.919. The lowest BCUT2D eigenvalue weighted by Crippen LogP contribution is -2.19. The second-order valence-corrected chi connectivity index (χ2v) is 5.01. The largest absolute Gasteiger partial charge is 0.383 e. The van der Waals surface area contributed by atoms with Gasteiger partial charge >= 0.3 is 0 Å². The molecule has 108 valence electrons. The zero-order chi connectivity index (χ0) is 14.2. The van der Waals surface area contributed by atoms with Crippen LogP contribution in [0.15, 0.2) is 42.7 Å². The number of hydrogen-bond acceptors (Lipinski definition) is 3. The van der Waals surface area contributed by atoms with E-state index in [1.165, 1.54) is 5.56 Å². The van der Waals surface area contributed by atoms with Gasteiger partial charge < -0.3 is 14.6 Å². The number of imidazole rings is 1. The van der Waals surface area contributed by atoms with Gasteiger partial charge in [-0.15, -0.1) is 0 Å². The van der Waals surface area contributed by atoms with Crippen LogP contribution in [0.1, 0.15) is 18.9 Å². The van der Waals surface area contributed by atoms with Crippen LogP contribution >= 0.6 is 0 Å². The number of benzene rings is 1. The normalized spacial score (nSPS) is 12.3. The van der Waals surface area contributed by atoms with Gasteiger partial charge in [-0.3, -0.25) is 0 Å². The fourth-order valence-electron chi connectivity index (χ4n) is 2.14. The van der Waals surface area contributed by atoms with Gasteiger partial charge in [0.15, 0.2) is 0 Å². The molecule has 1 aromatic heterocycles. The smallest absolute Gasteiger partial charge is 0.203 e. The van der Waals surface area contributed by atoms with E-state index in [1.54, 1.807) is 7.11 Å². The summed E-state index contributed by atoms with van der Waals surface area (Å²) in [7, 11) is 1.71. The monoisotopic (exact) mass is 273 g/mol. The topological polar surface area (TPSA) is 39.1 Å². The first kappa shape index (κ1) is 14.6. The Bertz CT molecular complexity index is 495. The van der Waals surface area contributed by atoms with Gasteiger partial charge in [-0.2, -0.15) is 0 Å². The molecule has 0 aliphatic carbocycles. The van der Waals surface area contributed by atoms with Crippen LogP contribution in [0.2, 0.25) is 0 Å². The van der Waals surface area contributed by atoms with E-state index in [0.717, 1.165) is 25.3 Å². The molecule has 2 rings (SSSR count). The Labute approximate surface area is 120 Å². The second kappa shape index (κ2) is 7.70. The molecule has 4 nitrogen and oxygen atoms in total. The van der Waals surface area contributed by atoms with Gasteiger partial charge in [-0.25, -0.2) is 4.98 Å². The molecule has 1 heterocycles. The van der Waals surface area contributed by atoms with Crippen molar-refractivity contribution in [2.75, 3.05) is 19.0 Å². The molecule has 0 radical (unpaired) electrons. The summed E-state index contributed by atoms with van der Waals surface area (Å²) in [6, 6.07) is 11.0. The lowest BCUT2D eigenvalue weighted by Gasteiger charge is -2.16. The maximum atomic E-state index is 5.10. The van der Waals surface area contributed by atoms with Gasteiger partial charge in [0.25, 0.3) is 0 Å². The number of anilines is 1. The highest BCUT2D eigenvalue weighted by molar-refractivity contribution is 5.27. The molecular formula is C16H23N3O. The van der Waals surface area contributed by atoms with Crippen molar-refractivity contribution in [3.8, 4) is 0 Å². The molecular weight excluding hydrogens is 250 g/mol. The number of aromatic nitrogens is 2. The summed E-state index contributed by atoms with van der Waals surface area (Å²) >= 11 is 0. The minimum Gasteiger partial charge on any atom is -0.383 e. The molecule has 0 spiro atoms. The van der Waals surface area contributed by atoms with E-state index in [-0.39, 0.29) is 0 Å². The summed E-state index contributed by atoms with van der Waals surface area (Å²) in [5.41, 5.74) is 1.38. The number of rotatable bonds is 8. The zero-order valence-electron chi connectivity index (χ0n) is 12.2. The summed E-state index contributed by atoms with van der Waals surface area (Å²) < 4.78 is 7.19. The minimum absolute atomic E-state index is 0.388. The van der Waals surface area contributed by atoms with E-state index >= 15 is 0 Å². The van der Waals surface area contributed by atoms with Crippen molar-refractivity contribution >= 4 is 5.95 Å². The third kappa shape index (κ3) is 4.38. The Hall–Kier alpha value is -1.81. The Kier molecular flexibility index (Phi) is 5.62. The Morgan fingerprint density at radius 2 is 2.10 bits per heavy atom. The number of nitrogens with one attached hydrogen (secondary N) is 1. The Morgan fingerprint density at radius 3 is 2.85 bits per heavy atom. The van der Waals surface area contributed by atoms with Crippen LogP contribution in [-0.4, -0.2) is 29.3 Å². The van der Waals surface area contributed by atoms with Crippen LogP contribution in [0.25, 0.3) is 0 Å². The van der Waals surface area contributed by atoms with E-state index in [1.807, 2.05) is 12.4 Å². The van der Waals surface area contributed by atoms with E-state index in [0.29, 0.717) is 12.6 Å². The van der Waals surface area contributed by atoms with Gasteiger partial charge in [0.2, 0.25) is 5.95 Å². The molecule has 0 fully saturated rings. The zero-order valence-corrected chi connectivity index (χ0v) is 12.2. The van der Waals surface area contributed by atoms with Crippen molar-refractivity contribution < 1.29 is 4.74 Å². The van der Waals surface area contributed by atoms with Crippen LogP contribution in [0, 0.1) is 0 Å². The second-order valence-electron chi connectivity index (χ2n) is 5.01. The van der Waals surface area contributed by atoms with E-state index < -0.39 is 0 Å². The summed E-state index contributed by atoms with van der Waals surface area (Å²) in [4.78, 5) is 4.36. The van der Waals surface area contributed by atoms with Crippen molar-refractivity contribution in [1.29, 1.82) is 0 Å². The molecule has 1 aromatic carbocycles. The highest BCUT2D eigenvalue weighted by Gasteiger charge is 2.07. The molecule has 0 aliphatic rings. The van der Waals surface area contributed by atoms with Crippen LogP contribution in [0.4, 0.5) is 5.95 Å². The van der Waals surface area contributed by atoms with Gasteiger partial charge in [-0.05, 0) is 25.3 Å². The number of methoxy groups -OCH3 is 1. The molecule has 4 heteroatoms. The average molecular weight is 273 g/mol. The molecule has 0 saturated carbocycles. The molecule has 2 aromatic rings. The maximum absolute atomic E-state index is 5.10. The predicted octanol–water partition coefficient (Wildman–Crippen LogP) is 2.96. The highest BCUT2D eigenvalue weighted by atomic mass is 16.5. The highest BCUT2D eigenvalue weighted by Crippen LogP contribution is 2.10. The lowest BCUT2D eigenvalue weighted by atomic mass is 10.1. The van der Waals surface area contributed by atoms with E-state index in [9.17, 15) is 0 Å². The molecule has 1 N–H and O–H groups in total. The molecule has 0 aliphatic heterocycles. The Balaban J connectivity index is 1.82. The Morgan fingerprint density at radius 1 is 1.30 bits per heavy atom. The van der Waals surface area contributed by atoms with Crippen molar-refractivity contribution in [2.45, 2.75) is 32.4 Å². The quantitative estimate of drug-likeness (QED) is 0.803. The average Bonchev–Trinajstić information content (AvgIpc) is 2.91. The third-order valence-electron chi connectivity index (χ3n) is 3.34. The van der Waals surface area contributed by atoms with Crippen molar-refractivity contribution in [3.05, 3.63) is 48.3 Å². The number of aryl methyl sites for hydroxylation is 1. The lowest BCUT2D eigenvalue weighted by molar-refractivity contribution is 0.187. The third-order valence-corrected chi connectivity index (χ3v) is 3.34. The molecule has 1 unspecified atom stereocenters. The van der Waals surface area contributed by atoms with Crippen LogP contribution < -0.4 is 5.32 Å². The SMILES string of the molecule is COCCn1ccnc1NC(C)CCc1ccccc1. The van der Waals surface area contributed by atoms with Gasteiger partial charge in [-0.1, -0.05) is 30.3 Å². The first-order valence-electron chi connectivity index (χ1n) is 7.10. The van der Waals surface area contributed by atoms with Gasteiger partial charge in [0, 0.05) is 32.1 Å². The van der Waals surface area contributed by atoms with Crippen molar-refractivity contribution in [1.82, 2.24) is 9.55 Å². The first-order chi connectivity index (χ1) is 9.79. The summed E-state index contributed by atoms with van der Waals surface area (Å²) in [6.07, 6.45) is 5.96. The van der Waals surface area contributed by atoms with Crippen LogP contribution in [0.3, 0.4) is 0 Å². The molecule has 1 atom stereocenters. The minimum atomic E-state index is 0.388. The van der Waals surface area contributed by atoms with Gasteiger partial charge in [0.05, 0.1) is 6.61 Å². The standard InChI is InChI=1S/C16H23N3O/c1-14(8-9-15-6-4-3-5-7-15)18-16-17-10-11-19(16)12-13-20-2/h3-7,10-11,14H,8-9,12-13H2,1-2H3,(H,17,18). The fourth-order valence-corrected chi connectivity index (χ4v) is 2.14. The van der Waals surface area contributed by atoms with Crippen molar-refractivity contribution in [3.63, 3.8) is 0 Å². The molecule has 0 bridgehead atoms. The number of hydrogen-bond donors (Lipinski definition) is 1. The predicted molar refractivity (Wildman–Crippen MR) is 82.0 cm³/mol. The molecule has 20 heavy (non-hydrogen) atoms. The molecule has 0 saturated heterocycles. The van der Waals surface area contributed by atoms with E-state index in [2.05, 4.69) is 52.1 Å². The summed E-state index contributed by atoms with van der Waals surface area (Å²) in [6.45, 7) is 3.71. The van der Waals surface area contributed by atoms with Gasteiger partial charge in [0.1, 0.15) is 0 Å². The van der Waals surface area contributed by atoms with Crippen LogP contribution in [-0.2, 0) is 17.7 Å². The fraction of sp³-hybridized carbons (Fsp3) is 0.438. The van der Waals surface area contributed by atoms with Crippen LogP contribution in [0.5, 0.6) is 0 Å². The maximum Gasteiger partial charge on any atom is 0.203 e. The number of ether oxygens (including phenoxy) is 1. The van der Waals surface area contributed by atoms with Crippen molar-refractivity contribution in [2.24, 2.45) is 0 Å². The van der Waals surface area contributed by atoms with E-state index in [4.69, 9.17) is 4.74 Å². The summed E-state index contributed by atoms with van der Waals surface area (Å²) in [5, 5.41) is 3.47. The number of nitrogens with zero attached hydrogens (tertiary/aromatic N) is 2. The molecule has 0 amide bonds. The first-order valence-corrected chi connectivity index (χ1v) is 7.10.